The van der Waals surface area contributed by atoms with Gasteiger partial charge in [0.05, 0.1) is 42.8 Å². The minimum Gasteiger partial charge on any atom is -0.382 e. The number of aromatic nitrogens is 2. The van der Waals surface area contributed by atoms with Crippen molar-refractivity contribution in [2.45, 2.75) is 41.5 Å². The molecule has 0 saturated carbocycles. The molecule has 0 spiro atoms. The second-order valence-electron chi connectivity index (χ2n) is 9.98. The summed E-state index contributed by atoms with van der Waals surface area (Å²) in [4.78, 5) is 11.6. The normalized spacial score (nSPS) is 12.5. The van der Waals surface area contributed by atoms with Gasteiger partial charge in [0.25, 0.3) is 0 Å². The van der Waals surface area contributed by atoms with E-state index in [9.17, 15) is 4.39 Å². The molecule has 172 valence electrons. The maximum absolute atomic E-state index is 13.0. The highest BCUT2D eigenvalue weighted by molar-refractivity contribution is 5.76. The minimum absolute atomic E-state index is 0.0125. The SMILES string of the molecule is C=C(NCCN(CC)CC(C)(C)COCC(C)(C)CF)c1cnc2cc(C)ccc2n1. The molecule has 0 unspecified atom stereocenters. The Balaban J connectivity index is 1.82. The number of hydrogen-bond donors (Lipinski definition) is 1. The lowest BCUT2D eigenvalue weighted by Gasteiger charge is -2.33. The van der Waals surface area contributed by atoms with Crippen LogP contribution in [0.4, 0.5) is 4.39 Å². The first-order valence-corrected chi connectivity index (χ1v) is 11.1. The fraction of sp³-hybridized carbons (Fsp3) is 0.600. The number of alkyl halides is 1. The number of fused-ring (bicyclic) bond motifs is 1. The van der Waals surface area contributed by atoms with Gasteiger partial charge < -0.3 is 15.0 Å². The predicted octanol–water partition coefficient (Wildman–Crippen LogP) is 4.86. The number of rotatable bonds is 13. The van der Waals surface area contributed by atoms with E-state index >= 15 is 0 Å². The zero-order valence-electron chi connectivity index (χ0n) is 20.1. The Hall–Kier alpha value is -2.05. The average molecular weight is 431 g/mol. The van der Waals surface area contributed by atoms with Crippen LogP contribution in [0.1, 0.15) is 45.9 Å². The molecule has 1 N–H and O–H groups in total. The number of benzene rings is 1. The van der Waals surface area contributed by atoms with Crippen molar-refractivity contribution in [3.63, 3.8) is 0 Å². The summed E-state index contributed by atoms with van der Waals surface area (Å²) < 4.78 is 18.8. The first kappa shape index (κ1) is 25.2. The van der Waals surface area contributed by atoms with E-state index in [0.29, 0.717) is 13.2 Å². The molecule has 1 heterocycles. The van der Waals surface area contributed by atoms with E-state index in [-0.39, 0.29) is 12.1 Å². The minimum atomic E-state index is -0.421. The maximum Gasteiger partial charge on any atom is 0.105 e. The summed E-state index contributed by atoms with van der Waals surface area (Å²) in [6, 6.07) is 6.07. The Morgan fingerprint density at radius 2 is 1.87 bits per heavy atom. The summed E-state index contributed by atoms with van der Waals surface area (Å²) in [6.07, 6.45) is 1.77. The van der Waals surface area contributed by atoms with Gasteiger partial charge in [0.1, 0.15) is 5.69 Å². The fourth-order valence-corrected chi connectivity index (χ4v) is 3.36. The standard InChI is InChI=1S/C25H39FN4O/c1-8-30(16-25(6,7)18-31-17-24(4,5)15-26)12-11-27-20(3)23-14-28-22-13-19(2)9-10-21(22)29-23/h9-10,13-14,27H,3,8,11-12,15-18H2,1-2,4-7H3. The summed E-state index contributed by atoms with van der Waals surface area (Å²) >= 11 is 0. The molecule has 0 bridgehead atoms. The molecule has 0 atom stereocenters. The van der Waals surface area contributed by atoms with Crippen molar-refractivity contribution >= 4 is 16.7 Å². The van der Waals surface area contributed by atoms with E-state index in [0.717, 1.165) is 48.6 Å². The molecule has 2 aromatic rings. The summed E-state index contributed by atoms with van der Waals surface area (Å²) in [5.41, 5.74) is 4.06. The Kier molecular flexibility index (Phi) is 8.95. The summed E-state index contributed by atoms with van der Waals surface area (Å²) in [5.74, 6) is 0. The summed E-state index contributed by atoms with van der Waals surface area (Å²) in [7, 11) is 0. The fourth-order valence-electron chi connectivity index (χ4n) is 3.36. The molecular formula is C25H39FN4O. The smallest absolute Gasteiger partial charge is 0.105 e. The van der Waals surface area contributed by atoms with E-state index in [2.05, 4.69) is 47.5 Å². The number of nitrogens with one attached hydrogen (secondary N) is 1. The van der Waals surface area contributed by atoms with Crippen LogP contribution < -0.4 is 5.32 Å². The van der Waals surface area contributed by atoms with Crippen LogP contribution in [0.5, 0.6) is 0 Å². The van der Waals surface area contributed by atoms with Crippen molar-refractivity contribution in [3.8, 4) is 0 Å². The number of hydrogen-bond acceptors (Lipinski definition) is 5. The van der Waals surface area contributed by atoms with Crippen LogP contribution in [0.3, 0.4) is 0 Å². The van der Waals surface area contributed by atoms with Crippen molar-refractivity contribution in [2.75, 3.05) is 46.1 Å². The van der Waals surface area contributed by atoms with Crippen molar-refractivity contribution in [2.24, 2.45) is 10.8 Å². The molecule has 0 saturated heterocycles. The number of ether oxygens (including phenoxy) is 1. The molecule has 5 nitrogen and oxygen atoms in total. The van der Waals surface area contributed by atoms with Crippen molar-refractivity contribution < 1.29 is 9.13 Å². The Morgan fingerprint density at radius 3 is 2.55 bits per heavy atom. The zero-order chi connectivity index (χ0) is 23.1. The van der Waals surface area contributed by atoms with Crippen LogP contribution in [-0.4, -0.2) is 60.9 Å². The third-order valence-corrected chi connectivity index (χ3v) is 5.22. The predicted molar refractivity (Wildman–Crippen MR) is 128 cm³/mol. The van der Waals surface area contributed by atoms with Crippen LogP contribution in [-0.2, 0) is 4.74 Å². The molecule has 1 aromatic carbocycles. The van der Waals surface area contributed by atoms with Crippen LogP contribution in [0.25, 0.3) is 16.7 Å². The summed E-state index contributed by atoms with van der Waals surface area (Å²) in [5, 5.41) is 3.38. The number of halogens is 1. The summed E-state index contributed by atoms with van der Waals surface area (Å²) in [6.45, 7) is 20.7. The number of likely N-dealkylation sites (N-methyl/N-ethyl adjacent to an activating group) is 1. The van der Waals surface area contributed by atoms with Gasteiger partial charge in [-0.2, -0.15) is 0 Å². The quantitative estimate of drug-likeness (QED) is 0.492. The van der Waals surface area contributed by atoms with E-state index in [4.69, 9.17) is 4.74 Å². The van der Waals surface area contributed by atoms with Crippen molar-refractivity contribution in [1.29, 1.82) is 0 Å². The monoisotopic (exact) mass is 430 g/mol. The van der Waals surface area contributed by atoms with Gasteiger partial charge in [-0.3, -0.25) is 9.37 Å². The molecule has 0 aliphatic heterocycles. The second-order valence-corrected chi connectivity index (χ2v) is 9.98. The molecular weight excluding hydrogens is 391 g/mol. The Labute approximate surface area is 187 Å². The van der Waals surface area contributed by atoms with Gasteiger partial charge in [-0.05, 0) is 31.2 Å². The van der Waals surface area contributed by atoms with E-state index < -0.39 is 5.41 Å². The number of aryl methyl sites for hydroxylation is 1. The van der Waals surface area contributed by atoms with E-state index in [1.807, 2.05) is 39.0 Å². The third-order valence-electron chi connectivity index (χ3n) is 5.22. The molecule has 31 heavy (non-hydrogen) atoms. The average Bonchev–Trinajstić information content (AvgIpc) is 2.72. The first-order valence-electron chi connectivity index (χ1n) is 11.1. The third kappa shape index (κ3) is 8.19. The van der Waals surface area contributed by atoms with Crippen LogP contribution in [0, 0.1) is 17.8 Å². The van der Waals surface area contributed by atoms with Crippen LogP contribution >= 0.6 is 0 Å². The van der Waals surface area contributed by atoms with Crippen molar-refractivity contribution in [1.82, 2.24) is 20.2 Å². The van der Waals surface area contributed by atoms with Gasteiger partial charge in [0.15, 0.2) is 0 Å². The van der Waals surface area contributed by atoms with Gasteiger partial charge in [-0.15, -0.1) is 0 Å². The zero-order valence-corrected chi connectivity index (χ0v) is 20.1. The Morgan fingerprint density at radius 1 is 1.16 bits per heavy atom. The van der Waals surface area contributed by atoms with E-state index in [1.165, 1.54) is 5.56 Å². The van der Waals surface area contributed by atoms with Crippen molar-refractivity contribution in [3.05, 3.63) is 42.2 Å². The highest BCUT2D eigenvalue weighted by Crippen LogP contribution is 2.21. The van der Waals surface area contributed by atoms with Gasteiger partial charge >= 0.3 is 0 Å². The molecule has 0 amide bonds. The molecule has 0 fully saturated rings. The molecule has 6 heteroatoms. The first-order chi connectivity index (χ1) is 14.5. The second kappa shape index (κ2) is 11.0. The lowest BCUT2D eigenvalue weighted by molar-refractivity contribution is -0.00374. The highest BCUT2D eigenvalue weighted by Gasteiger charge is 2.24. The lowest BCUT2D eigenvalue weighted by Crippen LogP contribution is -2.40. The molecule has 0 aliphatic carbocycles. The van der Waals surface area contributed by atoms with E-state index in [1.54, 1.807) is 6.20 Å². The van der Waals surface area contributed by atoms with Gasteiger partial charge in [-0.1, -0.05) is 47.3 Å². The van der Waals surface area contributed by atoms with Gasteiger partial charge in [0, 0.05) is 30.5 Å². The topological polar surface area (TPSA) is 50.3 Å². The van der Waals surface area contributed by atoms with Gasteiger partial charge in [-0.25, -0.2) is 4.98 Å². The maximum atomic E-state index is 13.0. The molecule has 1 aromatic heterocycles. The molecule has 2 rings (SSSR count). The molecule has 0 aliphatic rings. The number of nitrogens with zero attached hydrogens (tertiary/aromatic N) is 3. The van der Waals surface area contributed by atoms with Gasteiger partial charge in [0.2, 0.25) is 0 Å². The van der Waals surface area contributed by atoms with Crippen LogP contribution in [0.2, 0.25) is 0 Å². The highest BCUT2D eigenvalue weighted by atomic mass is 19.1. The van der Waals surface area contributed by atoms with Crippen LogP contribution in [0.15, 0.2) is 31.0 Å². The Bertz CT molecular complexity index is 866. The largest absolute Gasteiger partial charge is 0.382 e. The lowest BCUT2D eigenvalue weighted by atomic mass is 9.93. The molecule has 0 radical (unpaired) electrons.